The van der Waals surface area contributed by atoms with Gasteiger partial charge in [0.2, 0.25) is 0 Å². The Morgan fingerprint density at radius 2 is 1.48 bits per heavy atom. The Morgan fingerprint density at radius 1 is 0.926 bits per heavy atom. The Labute approximate surface area is 155 Å². The number of rotatable bonds is 7. The number of amides is 2. The van der Waals surface area contributed by atoms with E-state index in [-0.39, 0.29) is 30.6 Å². The number of aliphatic carboxylic acids is 1. The van der Waals surface area contributed by atoms with E-state index in [0.717, 1.165) is 5.56 Å². The first-order valence-corrected chi connectivity index (χ1v) is 8.38. The number of carbonyl (C=O) groups is 4. The van der Waals surface area contributed by atoms with Crippen LogP contribution in [0, 0.1) is 0 Å². The Bertz CT molecular complexity index is 857. The van der Waals surface area contributed by atoms with Gasteiger partial charge in [0.1, 0.15) is 12.6 Å². The summed E-state index contributed by atoms with van der Waals surface area (Å²) in [6.45, 7) is 0.0738. The van der Waals surface area contributed by atoms with Gasteiger partial charge in [-0.05, 0) is 24.1 Å². The highest BCUT2D eigenvalue weighted by atomic mass is 16.5. The van der Waals surface area contributed by atoms with Crippen LogP contribution in [-0.4, -0.2) is 39.8 Å². The smallest absolute Gasteiger partial charge is 0.326 e. The molecule has 2 amide bonds. The molecule has 2 aromatic carbocycles. The third kappa shape index (κ3) is 3.87. The standard InChI is InChI=1S/C20H17NO6/c22-17(27-12-13-6-2-1-3-7-13)11-10-16(20(25)26)21-18(23)14-8-4-5-9-15(14)19(21)24/h1-9,16H,10-12H2,(H,25,26)/t16-/m1/s1. The molecule has 2 aromatic rings. The van der Waals surface area contributed by atoms with Crippen molar-refractivity contribution in [3.05, 3.63) is 71.3 Å². The Hall–Kier alpha value is -3.48. The van der Waals surface area contributed by atoms with Crippen LogP contribution in [0.4, 0.5) is 0 Å². The summed E-state index contributed by atoms with van der Waals surface area (Å²) in [6, 6.07) is 13.8. The van der Waals surface area contributed by atoms with Crippen LogP contribution < -0.4 is 0 Å². The van der Waals surface area contributed by atoms with Crippen LogP contribution in [0.25, 0.3) is 0 Å². The van der Waals surface area contributed by atoms with Crippen molar-refractivity contribution in [2.24, 2.45) is 0 Å². The third-order valence-electron chi connectivity index (χ3n) is 4.29. The summed E-state index contributed by atoms with van der Waals surface area (Å²) in [4.78, 5) is 49.1. The molecule has 1 aliphatic rings. The zero-order valence-corrected chi connectivity index (χ0v) is 14.3. The van der Waals surface area contributed by atoms with Gasteiger partial charge in [-0.15, -0.1) is 0 Å². The molecular weight excluding hydrogens is 350 g/mol. The summed E-state index contributed by atoms with van der Waals surface area (Å²) >= 11 is 0. The van der Waals surface area contributed by atoms with Crippen LogP contribution in [0.2, 0.25) is 0 Å². The lowest BCUT2D eigenvalue weighted by atomic mass is 10.1. The van der Waals surface area contributed by atoms with Gasteiger partial charge in [-0.25, -0.2) is 4.79 Å². The fourth-order valence-corrected chi connectivity index (χ4v) is 2.92. The number of esters is 1. The average molecular weight is 367 g/mol. The Balaban J connectivity index is 1.63. The summed E-state index contributed by atoms with van der Waals surface area (Å²) in [5, 5.41) is 9.47. The molecule has 27 heavy (non-hydrogen) atoms. The zero-order valence-electron chi connectivity index (χ0n) is 14.3. The molecule has 0 aromatic heterocycles. The Kier molecular flexibility index (Phi) is 5.30. The highest BCUT2D eigenvalue weighted by Crippen LogP contribution is 2.26. The van der Waals surface area contributed by atoms with Crippen molar-refractivity contribution in [2.75, 3.05) is 0 Å². The van der Waals surface area contributed by atoms with Crippen molar-refractivity contribution in [1.82, 2.24) is 4.90 Å². The minimum absolute atomic E-state index is 0.0738. The van der Waals surface area contributed by atoms with E-state index in [1.807, 2.05) is 18.2 Å². The fraction of sp³-hybridized carbons (Fsp3) is 0.200. The predicted octanol–water partition coefficient (Wildman–Crippen LogP) is 2.26. The number of hydrogen-bond acceptors (Lipinski definition) is 5. The van der Waals surface area contributed by atoms with Gasteiger partial charge in [0.25, 0.3) is 11.8 Å². The van der Waals surface area contributed by atoms with E-state index < -0.39 is 29.8 Å². The molecule has 0 unspecified atom stereocenters. The normalized spacial score (nSPS) is 14.0. The maximum atomic E-state index is 12.4. The highest BCUT2D eigenvalue weighted by Gasteiger charge is 2.42. The lowest BCUT2D eigenvalue weighted by molar-refractivity contribution is -0.146. The molecule has 0 saturated carbocycles. The maximum absolute atomic E-state index is 12.4. The molecule has 1 heterocycles. The minimum atomic E-state index is -1.43. The zero-order chi connectivity index (χ0) is 19.4. The largest absolute Gasteiger partial charge is 0.480 e. The van der Waals surface area contributed by atoms with E-state index in [0.29, 0.717) is 4.90 Å². The van der Waals surface area contributed by atoms with E-state index in [9.17, 15) is 24.3 Å². The number of carboxylic acids is 1. The monoisotopic (exact) mass is 367 g/mol. The Morgan fingerprint density at radius 3 is 2.04 bits per heavy atom. The van der Waals surface area contributed by atoms with Crippen molar-refractivity contribution >= 4 is 23.8 Å². The number of benzene rings is 2. The van der Waals surface area contributed by atoms with E-state index >= 15 is 0 Å². The van der Waals surface area contributed by atoms with Crippen molar-refractivity contribution in [2.45, 2.75) is 25.5 Å². The van der Waals surface area contributed by atoms with Gasteiger partial charge in [0.05, 0.1) is 11.1 Å². The number of ether oxygens (including phenoxy) is 1. The summed E-state index contributed by atoms with van der Waals surface area (Å²) in [7, 11) is 0. The first-order chi connectivity index (χ1) is 13.0. The molecule has 138 valence electrons. The summed E-state index contributed by atoms with van der Waals surface area (Å²) in [5.74, 6) is -3.27. The molecule has 1 atom stereocenters. The fourth-order valence-electron chi connectivity index (χ4n) is 2.92. The van der Waals surface area contributed by atoms with Gasteiger partial charge in [-0.2, -0.15) is 0 Å². The molecule has 7 nitrogen and oxygen atoms in total. The van der Waals surface area contributed by atoms with Crippen LogP contribution >= 0.6 is 0 Å². The van der Waals surface area contributed by atoms with Gasteiger partial charge in [0, 0.05) is 6.42 Å². The topological polar surface area (TPSA) is 101 Å². The molecule has 0 bridgehead atoms. The molecule has 0 radical (unpaired) electrons. The highest BCUT2D eigenvalue weighted by molar-refractivity contribution is 6.22. The number of fused-ring (bicyclic) bond motifs is 1. The summed E-state index contributed by atoms with van der Waals surface area (Å²) < 4.78 is 5.12. The molecule has 7 heteroatoms. The van der Waals surface area contributed by atoms with Gasteiger partial charge in [-0.1, -0.05) is 42.5 Å². The lowest BCUT2D eigenvalue weighted by Gasteiger charge is -2.22. The first kappa shape index (κ1) is 18.3. The lowest BCUT2D eigenvalue weighted by Crippen LogP contribution is -2.45. The van der Waals surface area contributed by atoms with E-state index in [1.165, 1.54) is 12.1 Å². The number of carbonyl (C=O) groups excluding carboxylic acids is 3. The van der Waals surface area contributed by atoms with E-state index in [4.69, 9.17) is 4.74 Å². The van der Waals surface area contributed by atoms with Crippen molar-refractivity contribution in [3.63, 3.8) is 0 Å². The molecule has 0 saturated heterocycles. The molecule has 3 rings (SSSR count). The van der Waals surface area contributed by atoms with Gasteiger partial charge < -0.3 is 9.84 Å². The van der Waals surface area contributed by atoms with Gasteiger partial charge in [0.15, 0.2) is 0 Å². The van der Waals surface area contributed by atoms with Crippen molar-refractivity contribution in [3.8, 4) is 0 Å². The number of hydrogen-bond donors (Lipinski definition) is 1. The minimum Gasteiger partial charge on any atom is -0.480 e. The van der Waals surface area contributed by atoms with Crippen molar-refractivity contribution in [1.29, 1.82) is 0 Å². The van der Waals surface area contributed by atoms with E-state index in [1.54, 1.807) is 24.3 Å². The average Bonchev–Trinajstić information content (AvgIpc) is 2.92. The molecule has 1 aliphatic heterocycles. The van der Waals surface area contributed by atoms with Crippen LogP contribution in [0.15, 0.2) is 54.6 Å². The molecule has 0 aliphatic carbocycles. The second kappa shape index (κ2) is 7.82. The van der Waals surface area contributed by atoms with E-state index in [2.05, 4.69) is 0 Å². The van der Waals surface area contributed by atoms with Crippen molar-refractivity contribution < 1.29 is 29.0 Å². The predicted molar refractivity (Wildman–Crippen MR) is 93.8 cm³/mol. The second-order valence-electron chi connectivity index (χ2n) is 6.06. The van der Waals surface area contributed by atoms with Crippen LogP contribution in [0.5, 0.6) is 0 Å². The second-order valence-corrected chi connectivity index (χ2v) is 6.06. The first-order valence-electron chi connectivity index (χ1n) is 8.38. The summed E-state index contributed by atoms with van der Waals surface area (Å²) in [6.07, 6.45) is -0.439. The van der Waals surface area contributed by atoms with Crippen LogP contribution in [-0.2, 0) is 20.9 Å². The number of nitrogens with zero attached hydrogens (tertiary/aromatic N) is 1. The van der Waals surface area contributed by atoms with Crippen LogP contribution in [0.3, 0.4) is 0 Å². The number of imide groups is 1. The molecule has 1 N–H and O–H groups in total. The molecular formula is C20H17NO6. The van der Waals surface area contributed by atoms with Gasteiger partial charge in [-0.3, -0.25) is 19.3 Å². The quantitative estimate of drug-likeness (QED) is 0.595. The molecule has 0 spiro atoms. The van der Waals surface area contributed by atoms with Crippen LogP contribution in [0.1, 0.15) is 39.1 Å². The van der Waals surface area contributed by atoms with Gasteiger partial charge >= 0.3 is 11.9 Å². The maximum Gasteiger partial charge on any atom is 0.326 e. The SMILES string of the molecule is O=C(CC[C@H](C(=O)O)N1C(=O)c2ccccc2C1=O)OCc1ccccc1. The third-order valence-corrected chi connectivity index (χ3v) is 4.29. The summed E-state index contributed by atoms with van der Waals surface area (Å²) in [5.41, 5.74) is 1.14. The number of carboxylic acid groups (broad SMARTS) is 1. The molecule has 0 fully saturated rings.